The molecule has 2 aromatic heterocycles. The van der Waals surface area contributed by atoms with Crippen LogP contribution in [-0.2, 0) is 0 Å². The molecule has 0 atom stereocenters. The molecule has 0 unspecified atom stereocenters. The van der Waals surface area contributed by atoms with Crippen molar-refractivity contribution in [1.29, 1.82) is 0 Å². The number of rotatable bonds is 1. The molecule has 0 N–H and O–H groups in total. The summed E-state index contributed by atoms with van der Waals surface area (Å²) in [5, 5.41) is 0. The maximum Gasteiger partial charge on any atom is 0.155 e. The topological polar surface area (TPSA) is 30.2 Å². The SMILES string of the molecule is Fc1cc(F)cc(-c2cn3ccncc3n2)c1. The second-order valence-corrected chi connectivity index (χ2v) is 3.63. The quantitative estimate of drug-likeness (QED) is 0.644. The summed E-state index contributed by atoms with van der Waals surface area (Å²) in [4.78, 5) is 8.16. The molecule has 2 heterocycles. The lowest BCUT2D eigenvalue weighted by atomic mass is 10.1. The second kappa shape index (κ2) is 3.62. The van der Waals surface area contributed by atoms with Gasteiger partial charge in [-0.1, -0.05) is 0 Å². The predicted octanol–water partition coefficient (Wildman–Crippen LogP) is 2.67. The monoisotopic (exact) mass is 231 g/mol. The number of aromatic nitrogens is 3. The van der Waals surface area contributed by atoms with Crippen molar-refractivity contribution in [1.82, 2.24) is 14.4 Å². The van der Waals surface area contributed by atoms with Gasteiger partial charge < -0.3 is 4.40 Å². The minimum atomic E-state index is -0.616. The molecule has 3 aromatic rings. The minimum Gasteiger partial charge on any atom is -0.304 e. The van der Waals surface area contributed by atoms with Gasteiger partial charge in [0.05, 0.1) is 11.9 Å². The summed E-state index contributed by atoms with van der Waals surface area (Å²) in [5.41, 5.74) is 1.55. The molecule has 0 aliphatic rings. The summed E-state index contributed by atoms with van der Waals surface area (Å²) < 4.78 is 27.9. The highest BCUT2D eigenvalue weighted by Crippen LogP contribution is 2.20. The van der Waals surface area contributed by atoms with Crippen molar-refractivity contribution < 1.29 is 8.78 Å². The molecule has 0 fully saturated rings. The minimum absolute atomic E-state index is 0.409. The van der Waals surface area contributed by atoms with Gasteiger partial charge in [-0.3, -0.25) is 4.98 Å². The number of imidazole rings is 1. The van der Waals surface area contributed by atoms with E-state index < -0.39 is 11.6 Å². The molecule has 0 aliphatic heterocycles. The van der Waals surface area contributed by atoms with Gasteiger partial charge in [0, 0.05) is 30.2 Å². The fourth-order valence-corrected chi connectivity index (χ4v) is 1.68. The van der Waals surface area contributed by atoms with E-state index in [1.807, 2.05) is 0 Å². The maximum absolute atomic E-state index is 13.1. The summed E-state index contributed by atoms with van der Waals surface area (Å²) in [5.74, 6) is -1.23. The normalized spacial score (nSPS) is 10.9. The predicted molar refractivity (Wildman–Crippen MR) is 58.3 cm³/mol. The van der Waals surface area contributed by atoms with Crippen molar-refractivity contribution in [3.8, 4) is 11.3 Å². The number of halogens is 2. The Labute approximate surface area is 95.4 Å². The Bertz CT molecular complexity index is 638. The Kier molecular flexibility index (Phi) is 2.11. The van der Waals surface area contributed by atoms with E-state index in [0.29, 0.717) is 16.9 Å². The van der Waals surface area contributed by atoms with Gasteiger partial charge in [0.25, 0.3) is 0 Å². The molecule has 3 nitrogen and oxygen atoms in total. The van der Waals surface area contributed by atoms with Crippen LogP contribution in [0.5, 0.6) is 0 Å². The fraction of sp³-hybridized carbons (Fsp3) is 0. The van der Waals surface area contributed by atoms with Gasteiger partial charge in [0.1, 0.15) is 11.6 Å². The Balaban J connectivity index is 2.20. The number of nitrogens with zero attached hydrogens (tertiary/aromatic N) is 3. The molecule has 0 spiro atoms. The molecular formula is C12H7F2N3. The van der Waals surface area contributed by atoms with Crippen LogP contribution in [-0.4, -0.2) is 14.4 Å². The van der Waals surface area contributed by atoms with E-state index in [2.05, 4.69) is 9.97 Å². The molecule has 0 bridgehead atoms. The Morgan fingerprint density at radius 1 is 1.06 bits per heavy atom. The Morgan fingerprint density at radius 3 is 2.53 bits per heavy atom. The lowest BCUT2D eigenvalue weighted by Crippen LogP contribution is -1.83. The zero-order valence-electron chi connectivity index (χ0n) is 8.64. The third kappa shape index (κ3) is 1.75. The highest BCUT2D eigenvalue weighted by atomic mass is 19.1. The first-order valence-corrected chi connectivity index (χ1v) is 4.97. The molecule has 1 aromatic carbocycles. The van der Waals surface area contributed by atoms with Crippen molar-refractivity contribution in [3.63, 3.8) is 0 Å². The van der Waals surface area contributed by atoms with Gasteiger partial charge in [-0.2, -0.15) is 0 Å². The van der Waals surface area contributed by atoms with Crippen LogP contribution in [0.1, 0.15) is 0 Å². The summed E-state index contributed by atoms with van der Waals surface area (Å²) >= 11 is 0. The molecule has 5 heteroatoms. The van der Waals surface area contributed by atoms with Crippen molar-refractivity contribution in [3.05, 3.63) is 54.6 Å². The maximum atomic E-state index is 13.1. The molecule has 0 amide bonds. The van der Waals surface area contributed by atoms with Crippen LogP contribution < -0.4 is 0 Å². The van der Waals surface area contributed by atoms with Gasteiger partial charge >= 0.3 is 0 Å². The van der Waals surface area contributed by atoms with Crippen LogP contribution in [0.15, 0.2) is 43.0 Å². The van der Waals surface area contributed by atoms with Gasteiger partial charge in [-0.15, -0.1) is 0 Å². The summed E-state index contributed by atoms with van der Waals surface area (Å²) in [6.07, 6.45) is 6.62. The third-order valence-corrected chi connectivity index (χ3v) is 2.42. The molecular weight excluding hydrogens is 224 g/mol. The molecule has 3 rings (SSSR count). The lowest BCUT2D eigenvalue weighted by molar-refractivity contribution is 0.584. The zero-order chi connectivity index (χ0) is 11.8. The van der Waals surface area contributed by atoms with E-state index in [-0.39, 0.29) is 0 Å². The number of hydrogen-bond acceptors (Lipinski definition) is 2. The molecule has 0 radical (unpaired) electrons. The molecule has 17 heavy (non-hydrogen) atoms. The summed E-state index contributed by atoms with van der Waals surface area (Å²) in [6.45, 7) is 0. The first-order valence-electron chi connectivity index (χ1n) is 4.97. The summed E-state index contributed by atoms with van der Waals surface area (Å²) in [7, 11) is 0. The van der Waals surface area contributed by atoms with E-state index in [9.17, 15) is 8.78 Å². The van der Waals surface area contributed by atoms with Crippen molar-refractivity contribution in [2.24, 2.45) is 0 Å². The van der Waals surface area contributed by atoms with E-state index in [0.717, 1.165) is 6.07 Å². The van der Waals surface area contributed by atoms with Crippen LogP contribution in [0.4, 0.5) is 8.78 Å². The van der Waals surface area contributed by atoms with Crippen LogP contribution in [0.25, 0.3) is 16.9 Å². The molecule has 0 aliphatic carbocycles. The highest BCUT2D eigenvalue weighted by molar-refractivity contribution is 5.62. The van der Waals surface area contributed by atoms with Gasteiger partial charge in [0.15, 0.2) is 5.65 Å². The first-order chi connectivity index (χ1) is 8.22. The number of fused-ring (bicyclic) bond motifs is 1. The van der Waals surface area contributed by atoms with Crippen molar-refractivity contribution in [2.75, 3.05) is 0 Å². The van der Waals surface area contributed by atoms with Gasteiger partial charge in [0.2, 0.25) is 0 Å². The van der Waals surface area contributed by atoms with E-state index in [4.69, 9.17) is 0 Å². The van der Waals surface area contributed by atoms with Gasteiger partial charge in [-0.05, 0) is 12.1 Å². The average Bonchev–Trinajstić information content (AvgIpc) is 2.71. The van der Waals surface area contributed by atoms with E-state index in [1.54, 1.807) is 29.2 Å². The summed E-state index contributed by atoms with van der Waals surface area (Å²) in [6, 6.07) is 3.33. The van der Waals surface area contributed by atoms with Crippen molar-refractivity contribution in [2.45, 2.75) is 0 Å². The van der Waals surface area contributed by atoms with Crippen LogP contribution in [0.3, 0.4) is 0 Å². The zero-order valence-corrected chi connectivity index (χ0v) is 8.64. The van der Waals surface area contributed by atoms with Crippen LogP contribution in [0, 0.1) is 11.6 Å². The Hall–Kier alpha value is -2.30. The third-order valence-electron chi connectivity index (χ3n) is 2.42. The van der Waals surface area contributed by atoms with Crippen LogP contribution in [0.2, 0.25) is 0 Å². The lowest BCUT2D eigenvalue weighted by Gasteiger charge is -1.96. The van der Waals surface area contributed by atoms with E-state index in [1.165, 1.54) is 12.1 Å². The highest BCUT2D eigenvalue weighted by Gasteiger charge is 2.07. The van der Waals surface area contributed by atoms with E-state index >= 15 is 0 Å². The fourth-order valence-electron chi connectivity index (χ4n) is 1.68. The average molecular weight is 231 g/mol. The Morgan fingerprint density at radius 2 is 1.82 bits per heavy atom. The molecule has 0 saturated carbocycles. The van der Waals surface area contributed by atoms with Gasteiger partial charge in [-0.25, -0.2) is 13.8 Å². The first kappa shape index (κ1) is 9.89. The molecule has 84 valence electrons. The van der Waals surface area contributed by atoms with Crippen LogP contribution >= 0.6 is 0 Å². The smallest absolute Gasteiger partial charge is 0.155 e. The standard InChI is InChI=1S/C12H7F2N3/c13-9-3-8(4-10(14)5-9)11-7-17-2-1-15-6-12(17)16-11/h1-7H. The number of benzene rings is 1. The number of hydrogen-bond donors (Lipinski definition) is 0. The van der Waals surface area contributed by atoms with Crippen molar-refractivity contribution >= 4 is 5.65 Å². The molecule has 0 saturated heterocycles. The largest absolute Gasteiger partial charge is 0.304 e. The second-order valence-electron chi connectivity index (χ2n) is 3.63.